The summed E-state index contributed by atoms with van der Waals surface area (Å²) in [5.41, 5.74) is 2.92. The molecule has 8 heteroatoms. The highest BCUT2D eigenvalue weighted by Crippen LogP contribution is 2.40. The number of benzene rings is 1. The summed E-state index contributed by atoms with van der Waals surface area (Å²) in [5.74, 6) is 3.31. The van der Waals surface area contributed by atoms with Crippen molar-refractivity contribution in [2.75, 3.05) is 25.7 Å². The highest BCUT2D eigenvalue weighted by molar-refractivity contribution is 7.08. The average Bonchev–Trinajstić information content (AvgIpc) is 3.52. The van der Waals surface area contributed by atoms with Crippen LogP contribution in [0.3, 0.4) is 0 Å². The van der Waals surface area contributed by atoms with E-state index in [-0.39, 0.29) is 6.04 Å². The molecule has 0 spiro atoms. The fourth-order valence-corrected chi connectivity index (χ4v) is 4.60. The largest absolute Gasteiger partial charge is 0.497 e. The quantitative estimate of drug-likeness (QED) is 0.494. The minimum absolute atomic E-state index is 0.196. The van der Waals surface area contributed by atoms with Gasteiger partial charge in [-0.3, -0.25) is 0 Å². The Bertz CT molecular complexity index is 1140. The van der Waals surface area contributed by atoms with Crippen LogP contribution in [0.5, 0.6) is 11.5 Å². The van der Waals surface area contributed by atoms with Crippen molar-refractivity contribution >= 4 is 22.8 Å². The molecule has 29 heavy (non-hydrogen) atoms. The van der Waals surface area contributed by atoms with E-state index in [2.05, 4.69) is 26.5 Å². The van der Waals surface area contributed by atoms with Crippen LogP contribution >= 0.6 is 11.3 Å². The number of methoxy groups -OCH3 is 2. The van der Waals surface area contributed by atoms with Crippen LogP contribution in [0, 0.1) is 0 Å². The van der Waals surface area contributed by atoms with Crippen LogP contribution in [0.2, 0.25) is 0 Å². The lowest BCUT2D eigenvalue weighted by molar-refractivity contribution is 0.388. The Morgan fingerprint density at radius 1 is 1.07 bits per heavy atom. The first-order valence-corrected chi connectivity index (χ1v) is 10.5. The van der Waals surface area contributed by atoms with Crippen LogP contribution in [0.1, 0.15) is 24.4 Å². The molecule has 1 fully saturated rings. The number of hydrogen-bond donors (Lipinski definition) is 0. The van der Waals surface area contributed by atoms with E-state index >= 15 is 0 Å². The summed E-state index contributed by atoms with van der Waals surface area (Å²) in [4.78, 5) is 2.33. The second-order valence-corrected chi connectivity index (χ2v) is 7.74. The van der Waals surface area contributed by atoms with Crippen molar-refractivity contribution in [2.24, 2.45) is 0 Å². The number of hydrogen-bond acceptors (Lipinski definition) is 7. The maximum absolute atomic E-state index is 5.66. The van der Waals surface area contributed by atoms with Crippen molar-refractivity contribution < 1.29 is 9.47 Å². The summed E-state index contributed by atoms with van der Waals surface area (Å²) in [6.07, 6.45) is 2.14. The Morgan fingerprint density at radius 3 is 2.79 bits per heavy atom. The standard InChI is InChI=1S/C21H21N5O2S/c1-27-15-5-6-16(18(12-15)28-2)17-4-3-10-25(17)20-8-7-19-22-23-21(26(19)24-20)14-9-11-29-13-14/h5-9,11-13,17H,3-4,10H2,1-2H3. The smallest absolute Gasteiger partial charge is 0.186 e. The maximum atomic E-state index is 5.66. The summed E-state index contributed by atoms with van der Waals surface area (Å²) in [5, 5.41) is 17.6. The number of thiophene rings is 1. The van der Waals surface area contributed by atoms with E-state index in [1.54, 1.807) is 25.6 Å². The Hall–Kier alpha value is -3.13. The van der Waals surface area contributed by atoms with E-state index in [1.807, 2.05) is 40.2 Å². The van der Waals surface area contributed by atoms with Crippen LogP contribution < -0.4 is 14.4 Å². The molecule has 3 aromatic heterocycles. The van der Waals surface area contributed by atoms with E-state index in [9.17, 15) is 0 Å². The predicted octanol–water partition coefficient (Wildman–Crippen LogP) is 4.21. The highest BCUT2D eigenvalue weighted by atomic mass is 32.1. The average molecular weight is 407 g/mol. The Morgan fingerprint density at radius 2 is 2.00 bits per heavy atom. The van der Waals surface area contributed by atoms with Crippen molar-refractivity contribution in [3.8, 4) is 22.9 Å². The number of nitrogens with zero attached hydrogens (tertiary/aromatic N) is 5. The third-order valence-corrected chi connectivity index (χ3v) is 6.06. The van der Waals surface area contributed by atoms with Gasteiger partial charge >= 0.3 is 0 Å². The zero-order chi connectivity index (χ0) is 19.8. The van der Waals surface area contributed by atoms with Gasteiger partial charge in [0.15, 0.2) is 11.5 Å². The Balaban J connectivity index is 1.55. The lowest BCUT2D eigenvalue weighted by Crippen LogP contribution is -2.24. The first-order chi connectivity index (χ1) is 14.3. The molecule has 1 aliphatic rings. The maximum Gasteiger partial charge on any atom is 0.186 e. The fraction of sp³-hybridized carbons (Fsp3) is 0.286. The number of anilines is 1. The molecule has 0 saturated carbocycles. The van der Waals surface area contributed by atoms with Crippen LogP contribution in [-0.4, -0.2) is 40.6 Å². The zero-order valence-electron chi connectivity index (χ0n) is 16.3. The van der Waals surface area contributed by atoms with E-state index in [0.717, 1.165) is 59.3 Å². The van der Waals surface area contributed by atoms with Crippen LogP contribution in [0.15, 0.2) is 47.2 Å². The minimum atomic E-state index is 0.196. The molecule has 1 atom stereocenters. The topological polar surface area (TPSA) is 64.8 Å². The van der Waals surface area contributed by atoms with Gasteiger partial charge in [-0.05, 0) is 48.6 Å². The lowest BCUT2D eigenvalue weighted by Gasteiger charge is -2.27. The van der Waals surface area contributed by atoms with Crippen molar-refractivity contribution in [1.82, 2.24) is 19.8 Å². The summed E-state index contributed by atoms with van der Waals surface area (Å²) >= 11 is 1.64. The lowest BCUT2D eigenvalue weighted by atomic mass is 10.0. The second kappa shape index (κ2) is 7.36. The SMILES string of the molecule is COc1ccc(C2CCCN2c2ccc3nnc(-c4ccsc4)n3n2)c(OC)c1. The normalized spacial score (nSPS) is 16.5. The molecule has 0 aliphatic carbocycles. The summed E-state index contributed by atoms with van der Waals surface area (Å²) in [6, 6.07) is 12.3. The van der Waals surface area contributed by atoms with Crippen LogP contribution in [-0.2, 0) is 0 Å². The second-order valence-electron chi connectivity index (χ2n) is 6.96. The number of aromatic nitrogens is 4. The summed E-state index contributed by atoms with van der Waals surface area (Å²) in [6.45, 7) is 0.939. The van der Waals surface area contributed by atoms with Gasteiger partial charge in [0, 0.05) is 29.1 Å². The number of rotatable bonds is 5. The molecule has 4 heterocycles. The molecular formula is C21H21N5O2S. The van der Waals surface area contributed by atoms with Gasteiger partial charge in [0.25, 0.3) is 0 Å². The van der Waals surface area contributed by atoms with Gasteiger partial charge in [0.2, 0.25) is 0 Å². The van der Waals surface area contributed by atoms with Gasteiger partial charge in [0.1, 0.15) is 17.3 Å². The van der Waals surface area contributed by atoms with Crippen molar-refractivity contribution in [2.45, 2.75) is 18.9 Å². The molecule has 7 nitrogen and oxygen atoms in total. The fourth-order valence-electron chi connectivity index (χ4n) is 3.96. The molecule has 5 rings (SSSR count). The minimum Gasteiger partial charge on any atom is -0.497 e. The molecule has 1 aliphatic heterocycles. The van der Waals surface area contributed by atoms with E-state index < -0.39 is 0 Å². The Kier molecular flexibility index (Phi) is 4.55. The highest BCUT2D eigenvalue weighted by Gasteiger charge is 2.30. The van der Waals surface area contributed by atoms with Crippen LogP contribution in [0.4, 0.5) is 5.82 Å². The summed E-state index contributed by atoms with van der Waals surface area (Å²) < 4.78 is 12.8. The zero-order valence-corrected chi connectivity index (χ0v) is 17.1. The molecule has 1 saturated heterocycles. The van der Waals surface area contributed by atoms with Crippen molar-refractivity contribution in [3.05, 3.63) is 52.7 Å². The molecule has 0 bridgehead atoms. The van der Waals surface area contributed by atoms with Gasteiger partial charge in [-0.1, -0.05) is 0 Å². The third kappa shape index (κ3) is 3.09. The van der Waals surface area contributed by atoms with Crippen molar-refractivity contribution in [1.29, 1.82) is 0 Å². The van der Waals surface area contributed by atoms with Gasteiger partial charge in [-0.15, -0.1) is 15.3 Å². The predicted molar refractivity (Wildman–Crippen MR) is 113 cm³/mol. The van der Waals surface area contributed by atoms with E-state index in [1.165, 1.54) is 0 Å². The van der Waals surface area contributed by atoms with Crippen molar-refractivity contribution in [3.63, 3.8) is 0 Å². The molecule has 1 unspecified atom stereocenters. The molecule has 148 valence electrons. The molecule has 0 N–H and O–H groups in total. The van der Waals surface area contributed by atoms with E-state index in [0.29, 0.717) is 0 Å². The number of fused-ring (bicyclic) bond motifs is 1. The number of ether oxygens (including phenoxy) is 2. The van der Waals surface area contributed by atoms with Gasteiger partial charge in [-0.25, -0.2) is 0 Å². The van der Waals surface area contributed by atoms with Gasteiger partial charge in [0.05, 0.1) is 20.3 Å². The summed E-state index contributed by atoms with van der Waals surface area (Å²) in [7, 11) is 3.37. The third-order valence-electron chi connectivity index (χ3n) is 5.37. The van der Waals surface area contributed by atoms with E-state index in [4.69, 9.17) is 14.6 Å². The van der Waals surface area contributed by atoms with Gasteiger partial charge < -0.3 is 14.4 Å². The monoisotopic (exact) mass is 407 g/mol. The first-order valence-electron chi connectivity index (χ1n) is 9.52. The van der Waals surface area contributed by atoms with Gasteiger partial charge in [-0.2, -0.15) is 15.9 Å². The molecular weight excluding hydrogens is 386 g/mol. The molecule has 0 radical (unpaired) electrons. The van der Waals surface area contributed by atoms with Crippen LogP contribution in [0.25, 0.3) is 17.0 Å². The molecule has 4 aromatic rings. The Labute approximate surface area is 172 Å². The molecule has 1 aromatic carbocycles. The first kappa shape index (κ1) is 17.9. The molecule has 0 amide bonds.